The topological polar surface area (TPSA) is 30.2 Å². The quantitative estimate of drug-likeness (QED) is 0.167. The number of hydrogen-bond acceptors (Lipinski definition) is 2. The zero-order valence-electron chi connectivity index (χ0n) is 29.7. The summed E-state index contributed by atoms with van der Waals surface area (Å²) in [6, 6.07) is 7.52. The van der Waals surface area contributed by atoms with Gasteiger partial charge in [0.2, 0.25) is 0 Å². The van der Waals surface area contributed by atoms with Gasteiger partial charge in [0, 0.05) is 43.2 Å². The van der Waals surface area contributed by atoms with Crippen molar-refractivity contribution in [1.29, 1.82) is 0 Å². The van der Waals surface area contributed by atoms with E-state index in [4.69, 9.17) is 9.97 Å². The Morgan fingerprint density at radius 1 is 0.429 bits per heavy atom. The van der Waals surface area contributed by atoms with Crippen molar-refractivity contribution >= 4 is 38.1 Å². The second kappa shape index (κ2) is 8.85. The Balaban J connectivity index is 1.17. The second-order valence-corrected chi connectivity index (χ2v) is 19.3. The van der Waals surface area contributed by atoms with Gasteiger partial charge < -0.3 is 4.40 Å². The van der Waals surface area contributed by atoms with Crippen LogP contribution in [0.15, 0.2) is 30.6 Å². The average Bonchev–Trinajstić information content (AvgIpc) is 3.99. The summed E-state index contributed by atoms with van der Waals surface area (Å²) in [5.41, 5.74) is 13.1. The largest absolute Gasteiger partial charge is 0.305 e. The first-order valence-corrected chi connectivity index (χ1v) is 21.2. The van der Waals surface area contributed by atoms with Crippen molar-refractivity contribution in [2.75, 3.05) is 0 Å². The zero-order valence-corrected chi connectivity index (χ0v) is 29.7. The molecule has 3 nitrogen and oxygen atoms in total. The lowest BCUT2D eigenvalue weighted by molar-refractivity contribution is 0.0451. The third-order valence-electron chi connectivity index (χ3n) is 18.7. The Bertz CT molecular complexity index is 2060. The summed E-state index contributed by atoms with van der Waals surface area (Å²) in [5.74, 6) is 0. The minimum atomic E-state index is 0.313. The minimum Gasteiger partial charge on any atom is -0.305 e. The highest BCUT2D eigenvalue weighted by Crippen LogP contribution is 2.78. The monoisotopic (exact) mass is 647 g/mol. The van der Waals surface area contributed by atoms with Crippen molar-refractivity contribution in [1.82, 2.24) is 14.4 Å². The fraction of sp³-hybridized carbons (Fsp3) is 0.652. The van der Waals surface area contributed by atoms with Gasteiger partial charge in [-0.2, -0.15) is 0 Å². The zero-order chi connectivity index (χ0) is 31.8. The number of aromatic nitrogens is 3. The van der Waals surface area contributed by atoms with Crippen LogP contribution in [0.25, 0.3) is 38.1 Å². The molecule has 0 saturated heterocycles. The van der Waals surface area contributed by atoms with E-state index in [1.807, 2.05) is 0 Å². The van der Waals surface area contributed by atoms with Gasteiger partial charge in [-0.3, -0.25) is 9.97 Å². The van der Waals surface area contributed by atoms with Crippen LogP contribution in [0, 0.1) is 10.8 Å². The molecule has 1 aromatic carbocycles. The van der Waals surface area contributed by atoms with Crippen LogP contribution in [0.2, 0.25) is 0 Å². The van der Waals surface area contributed by atoms with Crippen molar-refractivity contribution in [2.45, 2.75) is 176 Å². The highest BCUT2D eigenvalue weighted by atomic mass is 15.0. The van der Waals surface area contributed by atoms with Crippen LogP contribution in [0.5, 0.6) is 0 Å². The molecule has 0 aliphatic heterocycles. The van der Waals surface area contributed by atoms with Crippen LogP contribution in [0.3, 0.4) is 0 Å². The van der Waals surface area contributed by atoms with Gasteiger partial charge in [0.05, 0.1) is 40.3 Å². The van der Waals surface area contributed by atoms with Gasteiger partial charge in [-0.15, -0.1) is 0 Å². The van der Waals surface area contributed by atoms with Crippen molar-refractivity contribution < 1.29 is 0 Å². The molecule has 252 valence electrons. The summed E-state index contributed by atoms with van der Waals surface area (Å²) in [5, 5.41) is 6.30. The molecule has 6 spiro atoms. The predicted molar refractivity (Wildman–Crippen MR) is 199 cm³/mol. The summed E-state index contributed by atoms with van der Waals surface area (Å²) in [6.07, 6.45) is 38.6. The summed E-state index contributed by atoms with van der Waals surface area (Å²) in [7, 11) is 0. The van der Waals surface area contributed by atoms with E-state index in [1.165, 1.54) is 181 Å². The molecular weight excluding hydrogens is 595 g/mol. The van der Waals surface area contributed by atoms with E-state index in [2.05, 4.69) is 35.0 Å². The van der Waals surface area contributed by atoms with E-state index in [9.17, 15) is 0 Å². The smallest absolute Gasteiger partial charge is 0.0728 e. The Kier molecular flexibility index (Phi) is 5.05. The predicted octanol–water partition coefficient (Wildman–Crippen LogP) is 12.0. The molecule has 0 radical (unpaired) electrons. The fourth-order valence-corrected chi connectivity index (χ4v) is 17.6. The Hall–Kier alpha value is -2.68. The van der Waals surface area contributed by atoms with Crippen LogP contribution in [-0.4, -0.2) is 14.4 Å². The van der Waals surface area contributed by atoms with Gasteiger partial charge in [0.25, 0.3) is 0 Å². The summed E-state index contributed by atoms with van der Waals surface area (Å²) in [6.45, 7) is 0. The number of hydrogen-bond donors (Lipinski definition) is 0. The van der Waals surface area contributed by atoms with Gasteiger partial charge in [-0.05, 0) is 99.0 Å². The van der Waals surface area contributed by atoms with E-state index in [1.54, 1.807) is 33.3 Å². The lowest BCUT2D eigenvalue weighted by Crippen LogP contribution is -2.49. The molecule has 0 bridgehead atoms. The number of fused-ring (bicyclic) bond motifs is 18. The van der Waals surface area contributed by atoms with Crippen molar-refractivity contribution in [2.24, 2.45) is 10.8 Å². The second-order valence-electron chi connectivity index (χ2n) is 19.3. The van der Waals surface area contributed by atoms with Crippen LogP contribution in [0.1, 0.15) is 177 Å². The standard InChI is InChI=1S/C46H53N3/c1-2-17-41(16-1)36-34-30-14-13-15-31-35-33(49(38(30)31)32(34)28-47-39(36)43(20-5-6-21-43)45(41)24-9-10-25-45)29-48-40-37(35)42(18-3-4-19-42)46(26-11-12-27-46)44(40)22-7-8-23-44/h13-15,28-29H,1-12,16-27H2. The maximum atomic E-state index is 5.78. The molecule has 5 aromatic rings. The van der Waals surface area contributed by atoms with Gasteiger partial charge in [0.1, 0.15) is 0 Å². The molecule has 0 unspecified atom stereocenters. The van der Waals surface area contributed by atoms with Crippen LogP contribution < -0.4 is 0 Å². The molecule has 8 aliphatic carbocycles. The highest BCUT2D eigenvalue weighted by molar-refractivity contribution is 6.25. The van der Waals surface area contributed by atoms with Gasteiger partial charge >= 0.3 is 0 Å². The van der Waals surface area contributed by atoms with Gasteiger partial charge in [0.15, 0.2) is 0 Å². The number of benzene rings is 1. The molecule has 3 heteroatoms. The summed E-state index contributed by atoms with van der Waals surface area (Å²) < 4.78 is 2.73. The first-order chi connectivity index (χ1) is 24.2. The minimum absolute atomic E-state index is 0.313. The third-order valence-corrected chi connectivity index (χ3v) is 18.7. The molecule has 49 heavy (non-hydrogen) atoms. The Morgan fingerprint density at radius 3 is 1.16 bits per heavy atom. The third kappa shape index (κ3) is 2.64. The van der Waals surface area contributed by atoms with Crippen molar-refractivity contribution in [3.63, 3.8) is 0 Å². The Morgan fingerprint density at radius 2 is 0.776 bits per heavy atom. The molecular formula is C46H53N3. The van der Waals surface area contributed by atoms with Crippen molar-refractivity contribution in [3.05, 3.63) is 53.1 Å². The maximum absolute atomic E-state index is 5.78. The number of rotatable bonds is 0. The number of pyridine rings is 2. The number of para-hydroxylation sites is 1. The molecule has 8 aliphatic rings. The molecule has 0 atom stereocenters. The average molecular weight is 648 g/mol. The lowest BCUT2D eigenvalue weighted by atomic mass is 9.52. The summed E-state index contributed by atoms with van der Waals surface area (Å²) in [4.78, 5) is 11.6. The molecule has 0 N–H and O–H groups in total. The highest BCUT2D eigenvalue weighted by Gasteiger charge is 2.73. The van der Waals surface area contributed by atoms with E-state index >= 15 is 0 Å². The van der Waals surface area contributed by atoms with E-state index in [0.717, 1.165) is 0 Å². The fourth-order valence-electron chi connectivity index (χ4n) is 17.6. The van der Waals surface area contributed by atoms with E-state index in [-0.39, 0.29) is 0 Å². The molecule has 4 aromatic heterocycles. The van der Waals surface area contributed by atoms with E-state index in [0.29, 0.717) is 32.5 Å². The van der Waals surface area contributed by atoms with Crippen molar-refractivity contribution in [3.8, 4) is 0 Å². The van der Waals surface area contributed by atoms with Crippen LogP contribution >= 0.6 is 0 Å². The van der Waals surface area contributed by atoms with E-state index < -0.39 is 0 Å². The van der Waals surface area contributed by atoms with Crippen LogP contribution in [0.4, 0.5) is 0 Å². The SMILES string of the molecule is c1cc2c3c4c(ncc3n3c5cnc6c(c5c(c1)c23)C1(CCCC1)C1(CCCC1)C61CCCC1)C1(CCCC1)C1(CCCC1)C41CCCC1. The maximum Gasteiger partial charge on any atom is 0.0728 e. The molecule has 6 saturated carbocycles. The molecule has 13 rings (SSSR count). The molecule has 4 heterocycles. The Labute approximate surface area is 291 Å². The number of nitrogens with zero attached hydrogens (tertiary/aromatic N) is 3. The van der Waals surface area contributed by atoms with Crippen LogP contribution in [-0.2, 0) is 21.7 Å². The van der Waals surface area contributed by atoms with Gasteiger partial charge in [-0.1, -0.05) is 95.2 Å². The molecule has 6 fully saturated rings. The molecule has 0 amide bonds. The normalized spacial score (nSPS) is 29.1. The lowest BCUT2D eigenvalue weighted by Gasteiger charge is -2.51. The summed E-state index contributed by atoms with van der Waals surface area (Å²) >= 11 is 0. The van der Waals surface area contributed by atoms with Gasteiger partial charge in [-0.25, -0.2) is 0 Å². The first kappa shape index (κ1) is 28.0. The first-order valence-electron chi connectivity index (χ1n) is 21.2.